The van der Waals surface area contributed by atoms with E-state index in [1.54, 1.807) is 0 Å². The predicted octanol–water partition coefficient (Wildman–Crippen LogP) is 2.46. The first-order chi connectivity index (χ1) is 9.86. The van der Waals surface area contributed by atoms with Gasteiger partial charge in [0.2, 0.25) is 0 Å². The van der Waals surface area contributed by atoms with Gasteiger partial charge in [-0.05, 0) is 44.1 Å². The third-order valence-electron chi connectivity index (χ3n) is 5.58. The van der Waals surface area contributed by atoms with Crippen LogP contribution in [-0.4, -0.2) is 32.3 Å². The first-order valence-corrected chi connectivity index (χ1v) is 10.2. The number of ketones is 1. The number of rotatable bonds is 5. The zero-order chi connectivity index (χ0) is 15.5. The third kappa shape index (κ3) is 4.28. The van der Waals surface area contributed by atoms with Crippen LogP contribution in [0.3, 0.4) is 0 Å². The Balaban J connectivity index is 1.99. The second-order valence-corrected chi connectivity index (χ2v) is 9.55. The lowest BCUT2D eigenvalue weighted by Crippen LogP contribution is -2.38. The monoisotopic (exact) mass is 315 g/mol. The highest BCUT2D eigenvalue weighted by atomic mass is 32.2. The fourth-order valence-corrected chi connectivity index (χ4v) is 5.27. The largest absolute Gasteiger partial charge is 0.330 e. The molecular weight excluding hydrogens is 286 g/mol. The molecule has 4 nitrogen and oxygen atoms in total. The second-order valence-electron chi connectivity index (χ2n) is 7.22. The van der Waals surface area contributed by atoms with Gasteiger partial charge in [0.1, 0.15) is 15.6 Å². The summed E-state index contributed by atoms with van der Waals surface area (Å²) in [7, 11) is -3.02. The van der Waals surface area contributed by atoms with E-state index in [1.165, 1.54) is 25.5 Å². The van der Waals surface area contributed by atoms with E-state index in [-0.39, 0.29) is 22.4 Å². The topological polar surface area (TPSA) is 77.2 Å². The predicted molar refractivity (Wildman–Crippen MR) is 84.8 cm³/mol. The summed E-state index contributed by atoms with van der Waals surface area (Å²) in [4.78, 5) is 12.7. The van der Waals surface area contributed by atoms with Gasteiger partial charge in [-0.3, -0.25) is 4.79 Å². The molecule has 2 aliphatic rings. The summed E-state index contributed by atoms with van der Waals surface area (Å²) < 4.78 is 23.5. The van der Waals surface area contributed by atoms with Crippen molar-refractivity contribution in [1.82, 2.24) is 0 Å². The smallest absolute Gasteiger partial charge is 0.150 e. The summed E-state index contributed by atoms with van der Waals surface area (Å²) in [6.45, 7) is 0.584. The van der Waals surface area contributed by atoms with Crippen molar-refractivity contribution in [2.24, 2.45) is 17.1 Å². The Kier molecular flexibility index (Phi) is 5.47. The molecular formula is C16H29NO3S. The van der Waals surface area contributed by atoms with Crippen molar-refractivity contribution < 1.29 is 13.2 Å². The molecule has 2 rings (SSSR count). The third-order valence-corrected chi connectivity index (χ3v) is 7.22. The van der Waals surface area contributed by atoms with E-state index in [4.69, 9.17) is 5.73 Å². The lowest BCUT2D eigenvalue weighted by molar-refractivity contribution is -0.126. The van der Waals surface area contributed by atoms with Crippen molar-refractivity contribution in [2.75, 3.05) is 12.8 Å². The second kappa shape index (κ2) is 6.78. The van der Waals surface area contributed by atoms with Gasteiger partial charge in [-0.15, -0.1) is 0 Å². The van der Waals surface area contributed by atoms with Gasteiger partial charge in [0.25, 0.3) is 0 Å². The van der Waals surface area contributed by atoms with E-state index in [0.29, 0.717) is 25.8 Å². The molecule has 0 bridgehead atoms. The summed E-state index contributed by atoms with van der Waals surface area (Å²) in [6.07, 6.45) is 10.5. The summed E-state index contributed by atoms with van der Waals surface area (Å²) in [5.41, 5.74) is 5.96. The molecule has 0 amide bonds. The van der Waals surface area contributed by atoms with Crippen LogP contribution in [0.4, 0.5) is 0 Å². The van der Waals surface area contributed by atoms with E-state index in [0.717, 1.165) is 25.7 Å². The molecule has 0 aliphatic heterocycles. The average Bonchev–Trinajstić information content (AvgIpc) is 2.47. The number of sulfone groups is 1. The van der Waals surface area contributed by atoms with Crippen LogP contribution in [0, 0.1) is 11.3 Å². The van der Waals surface area contributed by atoms with Crippen LogP contribution in [0.25, 0.3) is 0 Å². The summed E-state index contributed by atoms with van der Waals surface area (Å²) >= 11 is 0. The highest BCUT2D eigenvalue weighted by molar-refractivity contribution is 7.91. The van der Waals surface area contributed by atoms with Gasteiger partial charge in [0.15, 0.2) is 0 Å². The normalized spacial score (nSPS) is 30.0. The number of carbonyl (C=O) groups is 1. The van der Waals surface area contributed by atoms with Crippen molar-refractivity contribution in [3.05, 3.63) is 0 Å². The van der Waals surface area contributed by atoms with Gasteiger partial charge in [0.05, 0.1) is 5.25 Å². The van der Waals surface area contributed by atoms with Crippen LogP contribution in [0.5, 0.6) is 0 Å². The molecule has 2 unspecified atom stereocenters. The molecule has 0 saturated heterocycles. The number of hydrogen-bond acceptors (Lipinski definition) is 4. The van der Waals surface area contributed by atoms with Crippen LogP contribution < -0.4 is 5.73 Å². The summed E-state index contributed by atoms with van der Waals surface area (Å²) in [6, 6.07) is 0. The zero-order valence-corrected chi connectivity index (χ0v) is 14.0. The lowest BCUT2D eigenvalue weighted by Gasteiger charge is -2.37. The quantitative estimate of drug-likeness (QED) is 0.845. The Hall–Kier alpha value is -0.420. The SMILES string of the molecule is CS(=O)(=O)C1CCCC(C(=O)CC2(CN)CCCCC2)C1. The van der Waals surface area contributed by atoms with Crippen LogP contribution in [0.2, 0.25) is 0 Å². The highest BCUT2D eigenvalue weighted by Crippen LogP contribution is 2.40. The number of Topliss-reactive ketones (excluding diaryl/α,β-unsaturated/α-hetero) is 1. The van der Waals surface area contributed by atoms with Crippen LogP contribution >= 0.6 is 0 Å². The molecule has 2 fully saturated rings. The van der Waals surface area contributed by atoms with E-state index in [1.807, 2.05) is 0 Å². The van der Waals surface area contributed by atoms with Gasteiger partial charge >= 0.3 is 0 Å². The van der Waals surface area contributed by atoms with Gasteiger partial charge in [-0.1, -0.05) is 25.7 Å². The molecule has 0 aromatic carbocycles. The molecule has 21 heavy (non-hydrogen) atoms. The maximum Gasteiger partial charge on any atom is 0.150 e. The molecule has 2 aliphatic carbocycles. The maximum atomic E-state index is 12.7. The van der Waals surface area contributed by atoms with Crippen molar-refractivity contribution in [2.45, 2.75) is 69.5 Å². The molecule has 5 heteroatoms. The number of nitrogens with two attached hydrogens (primary N) is 1. The first-order valence-electron chi connectivity index (χ1n) is 8.28. The Bertz CT molecular complexity index is 466. The maximum absolute atomic E-state index is 12.7. The summed E-state index contributed by atoms with van der Waals surface area (Å²) in [5, 5.41) is -0.319. The van der Waals surface area contributed by atoms with Crippen LogP contribution in [0.1, 0.15) is 64.2 Å². The number of hydrogen-bond donors (Lipinski definition) is 1. The van der Waals surface area contributed by atoms with E-state index in [9.17, 15) is 13.2 Å². The van der Waals surface area contributed by atoms with E-state index < -0.39 is 9.84 Å². The highest BCUT2D eigenvalue weighted by Gasteiger charge is 2.37. The van der Waals surface area contributed by atoms with E-state index in [2.05, 4.69) is 0 Å². The minimum Gasteiger partial charge on any atom is -0.330 e. The molecule has 0 heterocycles. The first kappa shape index (κ1) is 16.9. The van der Waals surface area contributed by atoms with Crippen molar-refractivity contribution in [3.63, 3.8) is 0 Å². The fourth-order valence-electron chi connectivity index (χ4n) is 4.10. The molecule has 0 spiro atoms. The van der Waals surface area contributed by atoms with E-state index >= 15 is 0 Å². The molecule has 0 radical (unpaired) electrons. The van der Waals surface area contributed by atoms with Crippen LogP contribution in [0.15, 0.2) is 0 Å². The van der Waals surface area contributed by atoms with Gasteiger partial charge in [0, 0.05) is 18.6 Å². The Morgan fingerprint density at radius 2 is 1.81 bits per heavy atom. The molecule has 2 N–H and O–H groups in total. The van der Waals surface area contributed by atoms with Gasteiger partial charge in [-0.2, -0.15) is 0 Å². The summed E-state index contributed by atoms with van der Waals surface area (Å²) in [5.74, 6) is 0.194. The zero-order valence-electron chi connectivity index (χ0n) is 13.1. The Labute approximate surface area is 128 Å². The van der Waals surface area contributed by atoms with Crippen LogP contribution in [-0.2, 0) is 14.6 Å². The van der Waals surface area contributed by atoms with Crippen molar-refractivity contribution >= 4 is 15.6 Å². The van der Waals surface area contributed by atoms with Crippen molar-refractivity contribution in [3.8, 4) is 0 Å². The van der Waals surface area contributed by atoms with Gasteiger partial charge in [-0.25, -0.2) is 8.42 Å². The molecule has 2 saturated carbocycles. The molecule has 0 aromatic heterocycles. The molecule has 2 atom stereocenters. The number of carbonyl (C=O) groups excluding carboxylic acids is 1. The Morgan fingerprint density at radius 1 is 1.14 bits per heavy atom. The molecule has 122 valence electrons. The average molecular weight is 315 g/mol. The fraction of sp³-hybridized carbons (Fsp3) is 0.938. The Morgan fingerprint density at radius 3 is 2.38 bits per heavy atom. The van der Waals surface area contributed by atoms with Crippen molar-refractivity contribution in [1.29, 1.82) is 0 Å². The molecule has 0 aromatic rings. The minimum atomic E-state index is -3.02. The minimum absolute atomic E-state index is 0.00658. The standard InChI is InChI=1S/C16H29NO3S/c1-21(19,20)14-7-5-6-13(10-14)15(18)11-16(12-17)8-3-2-4-9-16/h13-14H,2-12,17H2,1H3. The van der Waals surface area contributed by atoms with Gasteiger partial charge < -0.3 is 5.73 Å². The lowest BCUT2D eigenvalue weighted by atomic mass is 9.69.